The van der Waals surface area contributed by atoms with E-state index in [9.17, 15) is 9.90 Å². The highest BCUT2D eigenvalue weighted by Crippen LogP contribution is 2.19. The third kappa shape index (κ3) is 2.71. The fourth-order valence-electron chi connectivity index (χ4n) is 2.19. The smallest absolute Gasteiger partial charge is 0.271 e. The number of nitrogens with two attached hydrogens (primary N) is 1. The Hall–Kier alpha value is -1.60. The van der Waals surface area contributed by atoms with Crippen molar-refractivity contribution in [2.45, 2.75) is 25.4 Å². The fraction of sp³-hybridized carbons (Fsp3) is 0.667. The lowest BCUT2D eigenvalue weighted by atomic mass is 10.0. The number of nitrogen functional groups attached to an aromatic ring is 1. The lowest BCUT2D eigenvalue weighted by Crippen LogP contribution is -2.43. The van der Waals surface area contributed by atoms with E-state index in [0.717, 1.165) is 0 Å². The summed E-state index contributed by atoms with van der Waals surface area (Å²) >= 11 is 0. The van der Waals surface area contributed by atoms with Crippen LogP contribution in [0.3, 0.4) is 0 Å². The van der Waals surface area contributed by atoms with Gasteiger partial charge in [-0.15, -0.1) is 0 Å². The summed E-state index contributed by atoms with van der Waals surface area (Å²) in [6.45, 7) is 2.84. The van der Waals surface area contributed by atoms with Gasteiger partial charge in [0.2, 0.25) is 0 Å². The summed E-state index contributed by atoms with van der Waals surface area (Å²) < 4.78 is 6.59. The Labute approximate surface area is 111 Å². The van der Waals surface area contributed by atoms with Gasteiger partial charge in [-0.05, 0) is 6.42 Å². The average molecular weight is 268 g/mol. The fourth-order valence-corrected chi connectivity index (χ4v) is 2.19. The normalized spacial score (nSPS) is 22.7. The molecule has 1 aromatic rings. The number of aromatic nitrogens is 2. The predicted octanol–water partition coefficient (Wildman–Crippen LogP) is -0.554. The van der Waals surface area contributed by atoms with Gasteiger partial charge in [0.05, 0.1) is 18.0 Å². The number of hydrogen-bond acceptors (Lipinski definition) is 5. The summed E-state index contributed by atoms with van der Waals surface area (Å²) in [6.07, 6.45) is 1.19. The zero-order valence-electron chi connectivity index (χ0n) is 11.3. The SMILES string of the molecule is CCc1nn(C)c(C(=O)NCC2(O)CCOC2)c1N. The highest BCUT2D eigenvalue weighted by Gasteiger charge is 2.33. The number of carbonyl (C=O) groups excluding carboxylic acids is 1. The summed E-state index contributed by atoms with van der Waals surface area (Å²) in [4.78, 5) is 12.1. The van der Waals surface area contributed by atoms with E-state index in [2.05, 4.69) is 10.4 Å². The molecule has 2 rings (SSSR count). The van der Waals surface area contributed by atoms with Crippen molar-refractivity contribution < 1.29 is 14.6 Å². The van der Waals surface area contributed by atoms with Crippen LogP contribution in [-0.4, -0.2) is 46.2 Å². The highest BCUT2D eigenvalue weighted by atomic mass is 16.5. The molecule has 7 heteroatoms. The Morgan fingerprint density at radius 3 is 2.95 bits per heavy atom. The number of rotatable bonds is 4. The zero-order chi connectivity index (χ0) is 14.0. The van der Waals surface area contributed by atoms with Crippen LogP contribution in [0, 0.1) is 0 Å². The van der Waals surface area contributed by atoms with Crippen molar-refractivity contribution in [2.75, 3.05) is 25.5 Å². The number of nitrogens with zero attached hydrogens (tertiary/aromatic N) is 2. The molecule has 1 saturated heterocycles. The molecule has 1 amide bonds. The number of carbonyl (C=O) groups is 1. The van der Waals surface area contributed by atoms with Crippen molar-refractivity contribution in [1.29, 1.82) is 0 Å². The first-order chi connectivity index (χ1) is 8.97. The zero-order valence-corrected chi connectivity index (χ0v) is 11.3. The molecule has 19 heavy (non-hydrogen) atoms. The van der Waals surface area contributed by atoms with E-state index in [1.54, 1.807) is 7.05 Å². The molecular weight excluding hydrogens is 248 g/mol. The van der Waals surface area contributed by atoms with Crippen molar-refractivity contribution >= 4 is 11.6 Å². The van der Waals surface area contributed by atoms with Gasteiger partial charge in [-0.2, -0.15) is 5.10 Å². The highest BCUT2D eigenvalue weighted by molar-refractivity contribution is 5.98. The summed E-state index contributed by atoms with van der Waals surface area (Å²) in [5.74, 6) is -0.326. The van der Waals surface area contributed by atoms with Crippen LogP contribution in [0.5, 0.6) is 0 Å². The van der Waals surface area contributed by atoms with Crippen LogP contribution in [0.4, 0.5) is 5.69 Å². The van der Waals surface area contributed by atoms with E-state index >= 15 is 0 Å². The van der Waals surface area contributed by atoms with E-state index in [1.165, 1.54) is 4.68 Å². The van der Waals surface area contributed by atoms with Crippen LogP contribution in [0.15, 0.2) is 0 Å². The molecule has 1 fully saturated rings. The average Bonchev–Trinajstić information content (AvgIpc) is 2.92. The Morgan fingerprint density at radius 1 is 1.68 bits per heavy atom. The van der Waals surface area contributed by atoms with Gasteiger partial charge in [-0.3, -0.25) is 9.48 Å². The molecule has 1 aliphatic rings. The van der Waals surface area contributed by atoms with Gasteiger partial charge in [0, 0.05) is 26.6 Å². The Balaban J connectivity index is 2.06. The number of nitrogens with one attached hydrogen (secondary N) is 1. The lowest BCUT2D eigenvalue weighted by molar-refractivity contribution is 0.0263. The molecule has 1 aromatic heterocycles. The Bertz CT molecular complexity index is 478. The molecule has 1 aliphatic heterocycles. The largest absolute Gasteiger partial charge is 0.395 e. The van der Waals surface area contributed by atoms with Crippen LogP contribution in [-0.2, 0) is 18.2 Å². The van der Waals surface area contributed by atoms with Gasteiger partial charge in [-0.1, -0.05) is 6.92 Å². The van der Waals surface area contributed by atoms with E-state index in [4.69, 9.17) is 10.5 Å². The van der Waals surface area contributed by atoms with Gasteiger partial charge in [0.1, 0.15) is 11.3 Å². The molecule has 1 atom stereocenters. The maximum absolute atomic E-state index is 12.1. The molecule has 2 heterocycles. The van der Waals surface area contributed by atoms with E-state index in [1.807, 2.05) is 6.92 Å². The number of aliphatic hydroxyl groups is 1. The lowest BCUT2D eigenvalue weighted by Gasteiger charge is -2.20. The van der Waals surface area contributed by atoms with Gasteiger partial charge < -0.3 is 20.9 Å². The molecule has 4 N–H and O–H groups in total. The molecule has 7 nitrogen and oxygen atoms in total. The minimum Gasteiger partial charge on any atom is -0.395 e. The van der Waals surface area contributed by atoms with E-state index < -0.39 is 5.60 Å². The number of aryl methyl sites for hydroxylation is 2. The van der Waals surface area contributed by atoms with Gasteiger partial charge in [-0.25, -0.2) is 0 Å². The van der Waals surface area contributed by atoms with Gasteiger partial charge in [0.15, 0.2) is 0 Å². The first-order valence-electron chi connectivity index (χ1n) is 6.36. The quantitative estimate of drug-likeness (QED) is 0.679. The number of ether oxygens (including phenoxy) is 1. The molecule has 0 spiro atoms. The second kappa shape index (κ2) is 5.18. The molecular formula is C12H20N4O3. The van der Waals surface area contributed by atoms with Crippen LogP contribution < -0.4 is 11.1 Å². The molecule has 0 saturated carbocycles. The van der Waals surface area contributed by atoms with Gasteiger partial charge in [0.25, 0.3) is 5.91 Å². The monoisotopic (exact) mass is 268 g/mol. The molecule has 0 aliphatic carbocycles. The van der Waals surface area contributed by atoms with E-state index in [0.29, 0.717) is 36.5 Å². The molecule has 0 aromatic carbocycles. The van der Waals surface area contributed by atoms with Gasteiger partial charge >= 0.3 is 0 Å². The maximum atomic E-state index is 12.1. The van der Waals surface area contributed by atoms with Crippen LogP contribution in [0.1, 0.15) is 29.5 Å². The first kappa shape index (κ1) is 13.8. The van der Waals surface area contributed by atoms with Crippen LogP contribution in [0.2, 0.25) is 0 Å². The van der Waals surface area contributed by atoms with Crippen LogP contribution >= 0.6 is 0 Å². The Morgan fingerprint density at radius 2 is 2.42 bits per heavy atom. The van der Waals surface area contributed by atoms with Crippen molar-refractivity contribution in [3.63, 3.8) is 0 Å². The second-order valence-corrected chi connectivity index (χ2v) is 4.90. The van der Waals surface area contributed by atoms with E-state index in [-0.39, 0.29) is 19.1 Å². The summed E-state index contributed by atoms with van der Waals surface area (Å²) in [5, 5.41) is 17.0. The van der Waals surface area contributed by atoms with Crippen molar-refractivity contribution in [1.82, 2.24) is 15.1 Å². The topological polar surface area (TPSA) is 102 Å². The van der Waals surface area contributed by atoms with Crippen molar-refractivity contribution in [2.24, 2.45) is 7.05 Å². The first-order valence-corrected chi connectivity index (χ1v) is 6.36. The minimum atomic E-state index is -0.976. The molecule has 0 radical (unpaired) electrons. The molecule has 1 unspecified atom stereocenters. The molecule has 0 bridgehead atoms. The predicted molar refractivity (Wildman–Crippen MR) is 69.7 cm³/mol. The summed E-state index contributed by atoms with van der Waals surface area (Å²) in [5.41, 5.74) is 6.36. The van der Waals surface area contributed by atoms with Crippen molar-refractivity contribution in [3.8, 4) is 0 Å². The number of amides is 1. The third-order valence-corrected chi connectivity index (χ3v) is 3.37. The maximum Gasteiger partial charge on any atom is 0.271 e. The standard InChI is InChI=1S/C12H20N4O3/c1-3-8-9(13)10(16(2)15-8)11(17)14-6-12(18)4-5-19-7-12/h18H,3-7,13H2,1-2H3,(H,14,17). The van der Waals surface area contributed by atoms with Crippen LogP contribution in [0.25, 0.3) is 0 Å². The number of hydrogen-bond donors (Lipinski definition) is 3. The Kier molecular flexibility index (Phi) is 3.77. The minimum absolute atomic E-state index is 0.151. The third-order valence-electron chi connectivity index (χ3n) is 3.37. The summed E-state index contributed by atoms with van der Waals surface area (Å²) in [7, 11) is 1.68. The number of anilines is 1. The van der Waals surface area contributed by atoms with Crippen molar-refractivity contribution in [3.05, 3.63) is 11.4 Å². The molecule has 106 valence electrons. The second-order valence-electron chi connectivity index (χ2n) is 4.90. The summed E-state index contributed by atoms with van der Waals surface area (Å²) in [6, 6.07) is 0.